The van der Waals surface area contributed by atoms with Gasteiger partial charge in [0.05, 0.1) is 30.8 Å². The average molecular weight is 296 g/mol. The second-order valence-electron chi connectivity index (χ2n) is 4.03. The van der Waals surface area contributed by atoms with Crippen LogP contribution in [-0.4, -0.2) is 41.3 Å². The van der Waals surface area contributed by atoms with Crippen LogP contribution in [0.3, 0.4) is 0 Å². The lowest BCUT2D eigenvalue weighted by molar-refractivity contribution is 0.564. The first-order valence-electron chi connectivity index (χ1n) is 6.13. The highest BCUT2D eigenvalue weighted by atomic mass is 32.2. The molecule has 0 amide bonds. The van der Waals surface area contributed by atoms with Gasteiger partial charge in [-0.15, -0.1) is 0 Å². The van der Waals surface area contributed by atoms with Crippen LogP contribution in [0.4, 0.5) is 5.69 Å². The molecule has 0 aliphatic carbocycles. The maximum atomic E-state index is 12.1. The summed E-state index contributed by atoms with van der Waals surface area (Å²) in [4.78, 5) is 7.61. The molecule has 0 atom stereocenters. The third kappa shape index (κ3) is 3.75. The molecular formula is C11H16N6O2S. The Kier molecular flexibility index (Phi) is 4.64. The number of nitrogens with one attached hydrogen (secondary N) is 2. The second-order valence-corrected chi connectivity index (χ2v) is 5.71. The van der Waals surface area contributed by atoms with Crippen LogP contribution in [0.1, 0.15) is 6.92 Å². The van der Waals surface area contributed by atoms with E-state index >= 15 is 0 Å². The van der Waals surface area contributed by atoms with E-state index in [1.165, 1.54) is 31.1 Å². The van der Waals surface area contributed by atoms with E-state index in [0.717, 1.165) is 13.1 Å². The van der Waals surface area contributed by atoms with Crippen molar-refractivity contribution in [1.29, 1.82) is 0 Å². The van der Waals surface area contributed by atoms with Crippen LogP contribution in [0, 0.1) is 0 Å². The molecule has 0 aliphatic rings. The summed E-state index contributed by atoms with van der Waals surface area (Å²) in [5, 5.41) is 7.16. The fourth-order valence-electron chi connectivity index (χ4n) is 1.54. The zero-order valence-corrected chi connectivity index (χ0v) is 11.8. The first-order valence-corrected chi connectivity index (χ1v) is 7.61. The van der Waals surface area contributed by atoms with Crippen molar-refractivity contribution in [2.24, 2.45) is 0 Å². The number of anilines is 1. The van der Waals surface area contributed by atoms with Crippen molar-refractivity contribution in [3.8, 4) is 0 Å². The van der Waals surface area contributed by atoms with E-state index in [1.54, 1.807) is 4.68 Å². The van der Waals surface area contributed by atoms with Crippen LogP contribution in [0.15, 0.2) is 36.0 Å². The molecule has 0 spiro atoms. The summed E-state index contributed by atoms with van der Waals surface area (Å²) in [7, 11) is -3.66. The summed E-state index contributed by atoms with van der Waals surface area (Å²) in [6, 6.07) is 0. The highest BCUT2D eigenvalue weighted by Gasteiger charge is 2.16. The Morgan fingerprint density at radius 2 is 2.00 bits per heavy atom. The first-order chi connectivity index (χ1) is 9.62. The Balaban J connectivity index is 2.06. The van der Waals surface area contributed by atoms with Crippen molar-refractivity contribution in [1.82, 2.24) is 25.1 Å². The molecule has 2 rings (SSSR count). The summed E-state index contributed by atoms with van der Waals surface area (Å²) in [6.45, 7) is 4.21. The van der Waals surface area contributed by atoms with Crippen molar-refractivity contribution in [3.63, 3.8) is 0 Å². The Morgan fingerprint density at radius 1 is 1.25 bits per heavy atom. The van der Waals surface area contributed by atoms with Crippen LogP contribution in [0.25, 0.3) is 0 Å². The van der Waals surface area contributed by atoms with Crippen molar-refractivity contribution < 1.29 is 8.42 Å². The minimum Gasteiger partial charge on any atom is -0.315 e. The lowest BCUT2D eigenvalue weighted by Gasteiger charge is -2.04. The SMILES string of the molecule is CCNCCn1cc(S(=O)(=O)Nc2cncnc2)cn1. The number of rotatable bonds is 7. The number of aromatic nitrogens is 4. The Labute approximate surface area is 117 Å². The van der Waals surface area contributed by atoms with E-state index in [9.17, 15) is 8.42 Å². The fourth-order valence-corrected chi connectivity index (χ4v) is 2.52. The van der Waals surface area contributed by atoms with E-state index in [1.807, 2.05) is 6.92 Å². The van der Waals surface area contributed by atoms with E-state index in [2.05, 4.69) is 25.1 Å². The summed E-state index contributed by atoms with van der Waals surface area (Å²) in [6.07, 6.45) is 6.92. The fraction of sp³-hybridized carbons (Fsp3) is 0.364. The van der Waals surface area contributed by atoms with Gasteiger partial charge in [-0.05, 0) is 6.54 Å². The Morgan fingerprint density at radius 3 is 2.70 bits per heavy atom. The van der Waals surface area contributed by atoms with Gasteiger partial charge >= 0.3 is 0 Å². The summed E-state index contributed by atoms with van der Waals surface area (Å²) < 4.78 is 28.2. The summed E-state index contributed by atoms with van der Waals surface area (Å²) in [5.41, 5.74) is 0.313. The first kappa shape index (κ1) is 14.4. The van der Waals surface area contributed by atoms with Crippen molar-refractivity contribution in [2.45, 2.75) is 18.4 Å². The van der Waals surface area contributed by atoms with Gasteiger partial charge in [-0.3, -0.25) is 9.40 Å². The van der Waals surface area contributed by atoms with Gasteiger partial charge in [-0.25, -0.2) is 18.4 Å². The minimum absolute atomic E-state index is 0.109. The molecule has 0 aromatic carbocycles. The zero-order chi connectivity index (χ0) is 14.4. The maximum absolute atomic E-state index is 12.1. The quantitative estimate of drug-likeness (QED) is 0.702. The lowest BCUT2D eigenvalue weighted by atomic mass is 10.6. The second kappa shape index (κ2) is 6.44. The highest BCUT2D eigenvalue weighted by molar-refractivity contribution is 7.92. The number of sulfonamides is 1. The molecule has 2 aromatic rings. The molecule has 8 nitrogen and oxygen atoms in total. The van der Waals surface area contributed by atoms with Crippen molar-refractivity contribution in [2.75, 3.05) is 17.8 Å². The normalized spacial score (nSPS) is 11.4. The van der Waals surface area contributed by atoms with Gasteiger partial charge in [0.2, 0.25) is 0 Å². The predicted octanol–water partition coefficient (Wildman–Crippen LogP) is 0.0834. The molecule has 0 radical (unpaired) electrons. The summed E-state index contributed by atoms with van der Waals surface area (Å²) in [5.74, 6) is 0. The monoisotopic (exact) mass is 296 g/mol. The molecule has 20 heavy (non-hydrogen) atoms. The Bertz CT molecular complexity index is 640. The Hall–Kier alpha value is -2.00. The number of hydrogen-bond donors (Lipinski definition) is 2. The topological polar surface area (TPSA) is 102 Å². The van der Waals surface area contributed by atoms with E-state index in [0.29, 0.717) is 12.2 Å². The van der Waals surface area contributed by atoms with Gasteiger partial charge < -0.3 is 5.32 Å². The highest BCUT2D eigenvalue weighted by Crippen LogP contribution is 2.13. The molecule has 0 aliphatic heterocycles. The molecule has 0 fully saturated rings. The number of hydrogen-bond acceptors (Lipinski definition) is 6. The van der Waals surface area contributed by atoms with E-state index < -0.39 is 10.0 Å². The van der Waals surface area contributed by atoms with Gasteiger partial charge in [0.15, 0.2) is 0 Å². The molecule has 0 unspecified atom stereocenters. The van der Waals surface area contributed by atoms with E-state index in [-0.39, 0.29) is 4.90 Å². The van der Waals surface area contributed by atoms with Gasteiger partial charge in [0.25, 0.3) is 10.0 Å². The molecular weight excluding hydrogens is 280 g/mol. The average Bonchev–Trinajstić information content (AvgIpc) is 2.89. The van der Waals surface area contributed by atoms with Crippen LogP contribution >= 0.6 is 0 Å². The summed E-state index contributed by atoms with van der Waals surface area (Å²) >= 11 is 0. The third-order valence-electron chi connectivity index (χ3n) is 2.50. The molecule has 0 saturated carbocycles. The van der Waals surface area contributed by atoms with Crippen LogP contribution in [0.2, 0.25) is 0 Å². The molecule has 0 saturated heterocycles. The minimum atomic E-state index is -3.66. The maximum Gasteiger partial charge on any atom is 0.265 e. The van der Waals surface area contributed by atoms with E-state index in [4.69, 9.17) is 0 Å². The standard InChI is InChI=1S/C11H16N6O2S/c1-2-12-3-4-17-8-11(7-15-17)20(18,19)16-10-5-13-9-14-6-10/h5-9,12,16H,2-4H2,1H3. The van der Waals surface area contributed by atoms with Crippen LogP contribution < -0.4 is 10.0 Å². The molecule has 9 heteroatoms. The molecule has 0 bridgehead atoms. The molecule has 2 heterocycles. The van der Waals surface area contributed by atoms with Crippen molar-refractivity contribution in [3.05, 3.63) is 31.1 Å². The van der Waals surface area contributed by atoms with Gasteiger partial charge in [-0.2, -0.15) is 5.10 Å². The van der Waals surface area contributed by atoms with Gasteiger partial charge in [-0.1, -0.05) is 6.92 Å². The third-order valence-corrected chi connectivity index (χ3v) is 3.84. The van der Waals surface area contributed by atoms with Gasteiger partial charge in [0, 0.05) is 12.7 Å². The number of nitrogens with zero attached hydrogens (tertiary/aromatic N) is 4. The predicted molar refractivity (Wildman–Crippen MR) is 73.6 cm³/mol. The molecule has 108 valence electrons. The van der Waals surface area contributed by atoms with Crippen LogP contribution in [0.5, 0.6) is 0 Å². The van der Waals surface area contributed by atoms with Crippen molar-refractivity contribution >= 4 is 15.7 Å². The lowest BCUT2D eigenvalue weighted by Crippen LogP contribution is -2.19. The largest absolute Gasteiger partial charge is 0.315 e. The van der Waals surface area contributed by atoms with Gasteiger partial charge in [0.1, 0.15) is 11.2 Å². The smallest absolute Gasteiger partial charge is 0.265 e. The number of likely N-dealkylation sites (N-methyl/N-ethyl adjacent to an activating group) is 1. The molecule has 2 aromatic heterocycles. The van der Waals surface area contributed by atoms with Crippen LogP contribution in [-0.2, 0) is 16.6 Å². The molecule has 2 N–H and O–H groups in total. The zero-order valence-electron chi connectivity index (χ0n) is 11.0.